The van der Waals surface area contributed by atoms with Crippen molar-refractivity contribution in [3.8, 4) is 0 Å². The van der Waals surface area contributed by atoms with Gasteiger partial charge in [-0.3, -0.25) is 9.59 Å². The summed E-state index contributed by atoms with van der Waals surface area (Å²) in [6.45, 7) is 0.436. The molecule has 6 heteroatoms. The SMILES string of the molecule is NCCC[C@H](NC(=O)CCc1ccc(F)cc1)C(=O)Nc1ccc2ccccc2c1. The van der Waals surface area contributed by atoms with E-state index in [2.05, 4.69) is 10.6 Å². The molecule has 1 atom stereocenters. The fraction of sp³-hybridized carbons (Fsp3) is 0.250. The van der Waals surface area contributed by atoms with E-state index in [-0.39, 0.29) is 24.1 Å². The Balaban J connectivity index is 1.60. The van der Waals surface area contributed by atoms with Gasteiger partial charge in [-0.2, -0.15) is 0 Å². The Morgan fingerprint density at radius 3 is 2.43 bits per heavy atom. The minimum absolute atomic E-state index is 0.216. The van der Waals surface area contributed by atoms with E-state index in [1.165, 1.54) is 12.1 Å². The lowest BCUT2D eigenvalue weighted by atomic mass is 10.1. The monoisotopic (exact) mass is 407 g/mol. The van der Waals surface area contributed by atoms with E-state index in [9.17, 15) is 14.0 Å². The van der Waals surface area contributed by atoms with Crippen LogP contribution in [0.25, 0.3) is 10.8 Å². The highest BCUT2D eigenvalue weighted by Crippen LogP contribution is 2.19. The van der Waals surface area contributed by atoms with Crippen LogP contribution in [0.2, 0.25) is 0 Å². The molecule has 0 bridgehead atoms. The van der Waals surface area contributed by atoms with Gasteiger partial charge in [-0.25, -0.2) is 4.39 Å². The maximum Gasteiger partial charge on any atom is 0.246 e. The second kappa shape index (κ2) is 10.5. The van der Waals surface area contributed by atoms with Gasteiger partial charge in [0, 0.05) is 12.1 Å². The molecule has 0 saturated heterocycles. The van der Waals surface area contributed by atoms with Gasteiger partial charge in [-0.1, -0.05) is 42.5 Å². The summed E-state index contributed by atoms with van der Waals surface area (Å²) in [6.07, 6.45) is 1.77. The number of nitrogens with two attached hydrogens (primary N) is 1. The first-order valence-electron chi connectivity index (χ1n) is 10.1. The molecule has 0 aliphatic carbocycles. The van der Waals surface area contributed by atoms with E-state index in [0.29, 0.717) is 31.5 Å². The zero-order valence-corrected chi connectivity index (χ0v) is 16.7. The van der Waals surface area contributed by atoms with Crippen LogP contribution in [0.1, 0.15) is 24.8 Å². The molecule has 0 aliphatic heterocycles. The number of carbonyl (C=O) groups is 2. The van der Waals surface area contributed by atoms with Crippen LogP contribution in [-0.2, 0) is 16.0 Å². The summed E-state index contributed by atoms with van der Waals surface area (Å²) in [5.74, 6) is -0.806. The number of halogens is 1. The Morgan fingerprint density at radius 1 is 0.967 bits per heavy atom. The average Bonchev–Trinajstić information content (AvgIpc) is 2.76. The topological polar surface area (TPSA) is 84.2 Å². The third kappa shape index (κ3) is 6.12. The third-order valence-corrected chi connectivity index (χ3v) is 4.92. The quantitative estimate of drug-likeness (QED) is 0.505. The Kier molecular flexibility index (Phi) is 7.51. The number of aryl methyl sites for hydroxylation is 1. The van der Waals surface area contributed by atoms with Crippen molar-refractivity contribution >= 4 is 28.3 Å². The number of nitrogens with one attached hydrogen (secondary N) is 2. The summed E-state index contributed by atoms with van der Waals surface area (Å²) in [5.41, 5.74) is 7.14. The van der Waals surface area contributed by atoms with Gasteiger partial charge in [-0.15, -0.1) is 0 Å². The van der Waals surface area contributed by atoms with Crippen molar-refractivity contribution in [2.24, 2.45) is 5.73 Å². The van der Waals surface area contributed by atoms with Crippen molar-refractivity contribution in [2.45, 2.75) is 31.7 Å². The van der Waals surface area contributed by atoms with Gasteiger partial charge in [0.2, 0.25) is 11.8 Å². The molecule has 0 unspecified atom stereocenters. The minimum Gasteiger partial charge on any atom is -0.344 e. The number of hydrogen-bond acceptors (Lipinski definition) is 3. The van der Waals surface area contributed by atoms with Crippen molar-refractivity contribution in [1.82, 2.24) is 5.32 Å². The smallest absolute Gasteiger partial charge is 0.246 e. The van der Waals surface area contributed by atoms with Gasteiger partial charge < -0.3 is 16.4 Å². The second-order valence-electron chi connectivity index (χ2n) is 7.23. The molecular formula is C24H26FN3O2. The van der Waals surface area contributed by atoms with Crippen LogP contribution >= 0.6 is 0 Å². The molecule has 30 heavy (non-hydrogen) atoms. The Labute approximate surface area is 175 Å². The van der Waals surface area contributed by atoms with E-state index in [1.807, 2.05) is 42.5 Å². The first-order chi connectivity index (χ1) is 14.5. The van der Waals surface area contributed by atoms with Crippen LogP contribution in [0.5, 0.6) is 0 Å². The molecule has 3 aromatic carbocycles. The maximum absolute atomic E-state index is 13.0. The van der Waals surface area contributed by atoms with Crippen molar-refractivity contribution in [3.05, 3.63) is 78.1 Å². The van der Waals surface area contributed by atoms with E-state index in [0.717, 1.165) is 16.3 Å². The van der Waals surface area contributed by atoms with Crippen LogP contribution in [-0.4, -0.2) is 24.4 Å². The molecule has 3 rings (SSSR count). The van der Waals surface area contributed by atoms with Crippen LogP contribution in [0.4, 0.5) is 10.1 Å². The molecule has 0 fully saturated rings. The zero-order chi connectivity index (χ0) is 21.3. The summed E-state index contributed by atoms with van der Waals surface area (Å²) in [7, 11) is 0. The van der Waals surface area contributed by atoms with Crippen molar-refractivity contribution in [3.63, 3.8) is 0 Å². The molecule has 0 saturated carbocycles. The van der Waals surface area contributed by atoms with Crippen LogP contribution in [0, 0.1) is 5.82 Å². The lowest BCUT2D eigenvalue weighted by Crippen LogP contribution is -2.44. The number of anilines is 1. The molecule has 0 heterocycles. The van der Waals surface area contributed by atoms with Gasteiger partial charge in [0.05, 0.1) is 0 Å². The number of rotatable bonds is 9. The highest BCUT2D eigenvalue weighted by Gasteiger charge is 2.20. The van der Waals surface area contributed by atoms with Gasteiger partial charge in [0.15, 0.2) is 0 Å². The van der Waals surface area contributed by atoms with Crippen molar-refractivity contribution in [2.75, 3.05) is 11.9 Å². The molecule has 0 aliphatic rings. The number of fused-ring (bicyclic) bond motifs is 1. The number of carbonyl (C=O) groups excluding carboxylic acids is 2. The summed E-state index contributed by atoms with van der Waals surface area (Å²) in [5, 5.41) is 7.81. The third-order valence-electron chi connectivity index (χ3n) is 4.92. The number of benzene rings is 3. The van der Waals surface area contributed by atoms with Gasteiger partial charge >= 0.3 is 0 Å². The summed E-state index contributed by atoms with van der Waals surface area (Å²) < 4.78 is 13.0. The highest BCUT2D eigenvalue weighted by molar-refractivity contribution is 5.99. The Hall–Kier alpha value is -3.25. The molecule has 5 nitrogen and oxygen atoms in total. The molecular weight excluding hydrogens is 381 g/mol. The summed E-state index contributed by atoms with van der Waals surface area (Å²) in [6, 6.07) is 19.0. The van der Waals surface area contributed by atoms with E-state index in [4.69, 9.17) is 5.73 Å². The lowest BCUT2D eigenvalue weighted by Gasteiger charge is -2.18. The van der Waals surface area contributed by atoms with Gasteiger partial charge in [0.1, 0.15) is 11.9 Å². The van der Waals surface area contributed by atoms with Crippen molar-refractivity contribution < 1.29 is 14.0 Å². The van der Waals surface area contributed by atoms with Crippen LogP contribution < -0.4 is 16.4 Å². The highest BCUT2D eigenvalue weighted by atomic mass is 19.1. The summed E-state index contributed by atoms with van der Waals surface area (Å²) in [4.78, 5) is 25.2. The van der Waals surface area contributed by atoms with E-state index >= 15 is 0 Å². The Bertz CT molecular complexity index is 1000. The molecule has 0 spiro atoms. The second-order valence-corrected chi connectivity index (χ2v) is 7.23. The Morgan fingerprint density at radius 2 is 1.70 bits per heavy atom. The van der Waals surface area contributed by atoms with Gasteiger partial charge in [0.25, 0.3) is 0 Å². The largest absolute Gasteiger partial charge is 0.344 e. The minimum atomic E-state index is -0.666. The first-order valence-corrected chi connectivity index (χ1v) is 10.1. The molecule has 0 radical (unpaired) electrons. The number of amides is 2. The normalized spacial score (nSPS) is 11.8. The maximum atomic E-state index is 13.0. The predicted octanol–water partition coefficient (Wildman–Crippen LogP) is 3.77. The number of hydrogen-bond donors (Lipinski definition) is 3. The van der Waals surface area contributed by atoms with Crippen LogP contribution in [0.3, 0.4) is 0 Å². The standard InChI is InChI=1S/C24H26FN3O2/c25-20-11-7-17(8-12-20)9-14-23(29)28-22(6-3-15-26)24(30)27-21-13-10-18-4-1-2-5-19(18)16-21/h1-2,4-5,7-8,10-13,16,22H,3,6,9,14-15,26H2,(H,27,30)(H,28,29)/t22-/m0/s1. The molecule has 0 aromatic heterocycles. The van der Waals surface area contributed by atoms with Crippen molar-refractivity contribution in [1.29, 1.82) is 0 Å². The van der Waals surface area contributed by atoms with Gasteiger partial charge in [-0.05, 0) is 66.4 Å². The fourth-order valence-electron chi connectivity index (χ4n) is 3.26. The lowest BCUT2D eigenvalue weighted by molar-refractivity contribution is -0.126. The molecule has 3 aromatic rings. The van der Waals surface area contributed by atoms with Crippen LogP contribution in [0.15, 0.2) is 66.7 Å². The van der Waals surface area contributed by atoms with E-state index in [1.54, 1.807) is 12.1 Å². The predicted molar refractivity (Wildman–Crippen MR) is 118 cm³/mol. The molecule has 156 valence electrons. The first kappa shape index (κ1) is 21.5. The molecule has 2 amide bonds. The van der Waals surface area contributed by atoms with E-state index < -0.39 is 6.04 Å². The molecule has 4 N–H and O–H groups in total. The fourth-order valence-corrected chi connectivity index (χ4v) is 3.26. The zero-order valence-electron chi connectivity index (χ0n) is 16.7. The average molecular weight is 407 g/mol. The summed E-state index contributed by atoms with van der Waals surface area (Å²) >= 11 is 0.